The normalized spacial score (nSPS) is 10.3. The van der Waals surface area contributed by atoms with Crippen molar-refractivity contribution in [1.82, 2.24) is 4.98 Å². The van der Waals surface area contributed by atoms with Gasteiger partial charge in [0.1, 0.15) is 0 Å². The number of aromatic nitrogens is 2. The first-order valence-electron chi connectivity index (χ1n) is 8.49. The van der Waals surface area contributed by atoms with Crippen LogP contribution in [-0.2, 0) is 6.54 Å². The minimum atomic E-state index is 0. The minimum absolute atomic E-state index is 0. The number of halogens is 2. The number of carbonyl (C=O) groups is 1. The fourth-order valence-electron chi connectivity index (χ4n) is 2.82. The van der Waals surface area contributed by atoms with Gasteiger partial charge in [-0.2, -0.15) is 4.57 Å². The van der Waals surface area contributed by atoms with Gasteiger partial charge in [-0.3, -0.25) is 4.79 Å². The lowest BCUT2D eigenvalue weighted by Gasteiger charge is -2.02. The van der Waals surface area contributed by atoms with Crippen molar-refractivity contribution in [2.45, 2.75) is 6.54 Å². The maximum Gasteiger partial charge on any atom is 0.241 e. The third-order valence-electron chi connectivity index (χ3n) is 4.21. The van der Waals surface area contributed by atoms with Crippen molar-refractivity contribution in [3.05, 3.63) is 95.0 Å². The molecule has 6 heteroatoms. The molecule has 0 aliphatic rings. The summed E-state index contributed by atoms with van der Waals surface area (Å²) in [6, 6.07) is 22.9. The van der Waals surface area contributed by atoms with Gasteiger partial charge in [0.05, 0.1) is 5.69 Å². The van der Waals surface area contributed by atoms with Gasteiger partial charge in [-0.15, -0.1) is 11.3 Å². The molecular weight excluding hydrogens is 456 g/mol. The first kappa shape index (κ1) is 20.4. The van der Waals surface area contributed by atoms with Crippen LogP contribution < -0.4 is 21.5 Å². The second-order valence-corrected chi connectivity index (χ2v) is 7.34. The zero-order chi connectivity index (χ0) is 18.6. The number of thiazole rings is 1. The molecule has 0 unspecified atom stereocenters. The van der Waals surface area contributed by atoms with Crippen molar-refractivity contribution in [1.29, 1.82) is 0 Å². The molecule has 0 atom stereocenters. The monoisotopic (exact) mass is 470 g/mol. The molecule has 0 aliphatic heterocycles. The van der Waals surface area contributed by atoms with Crippen molar-refractivity contribution in [2.24, 2.45) is 0 Å². The molecule has 28 heavy (non-hydrogen) atoms. The SMILES string of the molecule is O=C(C[n+]1ccccc1-c1nc(-c2ccc(Cl)cc2)cs1)c1ccccc1.[Br-]. The average Bonchev–Trinajstić information content (AvgIpc) is 3.19. The number of nitrogens with zero attached hydrogens (tertiary/aromatic N) is 2. The summed E-state index contributed by atoms with van der Waals surface area (Å²) in [7, 11) is 0. The van der Waals surface area contributed by atoms with Crippen LogP contribution in [0.2, 0.25) is 5.02 Å². The van der Waals surface area contributed by atoms with Gasteiger partial charge in [-0.25, -0.2) is 4.98 Å². The summed E-state index contributed by atoms with van der Waals surface area (Å²) < 4.78 is 1.94. The van der Waals surface area contributed by atoms with Gasteiger partial charge in [-0.1, -0.05) is 54.1 Å². The molecule has 0 radical (unpaired) electrons. The smallest absolute Gasteiger partial charge is 0.241 e. The highest BCUT2D eigenvalue weighted by Gasteiger charge is 2.20. The molecule has 0 aliphatic carbocycles. The zero-order valence-corrected chi connectivity index (χ0v) is 17.9. The summed E-state index contributed by atoms with van der Waals surface area (Å²) in [6.45, 7) is 0.274. The molecule has 4 rings (SSSR count). The largest absolute Gasteiger partial charge is 1.00 e. The van der Waals surface area contributed by atoms with E-state index in [4.69, 9.17) is 16.6 Å². The lowest BCUT2D eigenvalue weighted by atomic mass is 10.1. The van der Waals surface area contributed by atoms with E-state index in [0.29, 0.717) is 10.6 Å². The third kappa shape index (κ3) is 4.55. The van der Waals surface area contributed by atoms with Crippen molar-refractivity contribution in [2.75, 3.05) is 0 Å². The number of hydrogen-bond acceptors (Lipinski definition) is 3. The maximum absolute atomic E-state index is 12.6. The van der Waals surface area contributed by atoms with E-state index < -0.39 is 0 Å². The lowest BCUT2D eigenvalue weighted by molar-refractivity contribution is -0.672. The Kier molecular flexibility index (Phi) is 6.73. The van der Waals surface area contributed by atoms with E-state index in [1.165, 1.54) is 0 Å². The van der Waals surface area contributed by atoms with E-state index in [0.717, 1.165) is 22.0 Å². The second-order valence-electron chi connectivity index (χ2n) is 6.05. The van der Waals surface area contributed by atoms with Gasteiger partial charge in [0, 0.05) is 33.7 Å². The van der Waals surface area contributed by atoms with E-state index in [-0.39, 0.29) is 29.3 Å². The molecule has 0 amide bonds. The zero-order valence-electron chi connectivity index (χ0n) is 14.8. The molecule has 2 heterocycles. The summed E-state index contributed by atoms with van der Waals surface area (Å²) in [5.41, 5.74) is 3.55. The summed E-state index contributed by atoms with van der Waals surface area (Å²) >= 11 is 7.53. The summed E-state index contributed by atoms with van der Waals surface area (Å²) in [4.78, 5) is 17.4. The molecule has 4 aromatic rings. The summed E-state index contributed by atoms with van der Waals surface area (Å²) in [5.74, 6) is 0.0718. The fraction of sp³-hybridized carbons (Fsp3) is 0.0455. The number of benzene rings is 2. The van der Waals surface area contributed by atoms with Gasteiger partial charge >= 0.3 is 0 Å². The van der Waals surface area contributed by atoms with E-state index in [1.807, 2.05) is 88.9 Å². The quantitative estimate of drug-likeness (QED) is 0.331. The van der Waals surface area contributed by atoms with E-state index in [2.05, 4.69) is 0 Å². The van der Waals surface area contributed by atoms with Crippen LogP contribution in [0.3, 0.4) is 0 Å². The van der Waals surface area contributed by atoms with Gasteiger partial charge in [-0.05, 0) is 18.2 Å². The van der Waals surface area contributed by atoms with Crippen molar-refractivity contribution < 1.29 is 26.3 Å². The molecule has 0 saturated carbocycles. The molecule has 0 spiro atoms. The molecule has 0 bridgehead atoms. The number of pyridine rings is 1. The molecule has 140 valence electrons. The van der Waals surface area contributed by atoms with Crippen LogP contribution in [0.5, 0.6) is 0 Å². The topological polar surface area (TPSA) is 33.8 Å². The van der Waals surface area contributed by atoms with Gasteiger partial charge < -0.3 is 17.0 Å². The predicted molar refractivity (Wildman–Crippen MR) is 109 cm³/mol. The van der Waals surface area contributed by atoms with Crippen molar-refractivity contribution in [3.8, 4) is 22.0 Å². The number of carbonyl (C=O) groups excluding carboxylic acids is 1. The van der Waals surface area contributed by atoms with Crippen LogP contribution in [0, 0.1) is 0 Å². The first-order valence-corrected chi connectivity index (χ1v) is 9.75. The van der Waals surface area contributed by atoms with E-state index in [1.54, 1.807) is 11.3 Å². The Hall–Kier alpha value is -2.34. The number of Topliss-reactive ketones (excluding diaryl/α,β-unsaturated/α-hetero) is 1. The Morgan fingerprint density at radius 2 is 1.68 bits per heavy atom. The number of rotatable bonds is 5. The molecule has 2 aromatic carbocycles. The highest BCUT2D eigenvalue weighted by molar-refractivity contribution is 7.13. The summed E-state index contributed by atoms with van der Waals surface area (Å²) in [5, 5.41) is 3.60. The molecule has 3 nitrogen and oxygen atoms in total. The van der Waals surface area contributed by atoms with Crippen molar-refractivity contribution >= 4 is 28.7 Å². The fourth-order valence-corrected chi connectivity index (χ4v) is 3.82. The average molecular weight is 472 g/mol. The van der Waals surface area contributed by atoms with Crippen LogP contribution in [0.4, 0.5) is 0 Å². The molecule has 0 fully saturated rings. The minimum Gasteiger partial charge on any atom is -1.00 e. The van der Waals surface area contributed by atoms with Gasteiger partial charge in [0.25, 0.3) is 0 Å². The highest BCUT2D eigenvalue weighted by Crippen LogP contribution is 2.28. The van der Waals surface area contributed by atoms with Crippen LogP contribution in [-0.4, -0.2) is 10.8 Å². The Labute approximate surface area is 183 Å². The van der Waals surface area contributed by atoms with Crippen LogP contribution in [0.15, 0.2) is 84.4 Å². The third-order valence-corrected chi connectivity index (χ3v) is 5.33. The van der Waals surface area contributed by atoms with E-state index >= 15 is 0 Å². The maximum atomic E-state index is 12.6. The Morgan fingerprint density at radius 1 is 0.964 bits per heavy atom. The van der Waals surface area contributed by atoms with Gasteiger partial charge in [0.15, 0.2) is 11.2 Å². The van der Waals surface area contributed by atoms with Crippen LogP contribution in [0.25, 0.3) is 22.0 Å². The van der Waals surface area contributed by atoms with E-state index in [9.17, 15) is 4.79 Å². The lowest BCUT2D eigenvalue weighted by Crippen LogP contribution is -3.00. The Morgan fingerprint density at radius 3 is 2.43 bits per heavy atom. The highest BCUT2D eigenvalue weighted by atomic mass is 79.9. The molecular formula is C22H16BrClN2OS. The number of hydrogen-bond donors (Lipinski definition) is 0. The second kappa shape index (κ2) is 9.24. The molecule has 0 N–H and O–H groups in total. The molecule has 0 saturated heterocycles. The number of ketones is 1. The van der Waals surface area contributed by atoms with Crippen molar-refractivity contribution in [3.63, 3.8) is 0 Å². The first-order chi connectivity index (χ1) is 13.2. The molecule has 2 aromatic heterocycles. The van der Waals surface area contributed by atoms with Gasteiger partial charge in [0.2, 0.25) is 18.0 Å². The standard InChI is InChI=1S/C22H16ClN2OS.BrH/c23-18-11-9-16(10-12-18)19-15-27-22(24-19)20-8-4-5-13-25(20)14-21(26)17-6-2-1-3-7-17;/h1-13,15H,14H2;1H/q+1;/p-1. The Bertz CT molecular complexity index is 1080. The summed E-state index contributed by atoms with van der Waals surface area (Å²) in [6.07, 6.45) is 1.92. The van der Waals surface area contributed by atoms with Crippen LogP contribution >= 0.6 is 22.9 Å². The van der Waals surface area contributed by atoms with Crippen LogP contribution in [0.1, 0.15) is 10.4 Å². The Balaban J connectivity index is 0.00000225. The predicted octanol–water partition coefficient (Wildman–Crippen LogP) is 2.30.